The van der Waals surface area contributed by atoms with Crippen LogP contribution in [0.15, 0.2) is 40.1 Å². The summed E-state index contributed by atoms with van der Waals surface area (Å²) in [6.45, 7) is 3.05. The Balaban J connectivity index is 1.58. The minimum atomic E-state index is -2.81. The summed E-state index contributed by atoms with van der Waals surface area (Å²) in [5, 5.41) is 8.54. The number of hydrogen-bond donors (Lipinski definition) is 1. The lowest BCUT2D eigenvalue weighted by Crippen LogP contribution is -2.30. The molecule has 2 aromatic heterocycles. The number of aromatic nitrogens is 3. The van der Waals surface area contributed by atoms with Crippen molar-refractivity contribution in [2.75, 3.05) is 18.5 Å². The van der Waals surface area contributed by atoms with Gasteiger partial charge in [-0.05, 0) is 37.3 Å². The van der Waals surface area contributed by atoms with E-state index in [9.17, 15) is 18.4 Å². The second-order valence-corrected chi connectivity index (χ2v) is 8.91. The van der Waals surface area contributed by atoms with Crippen LogP contribution in [0.25, 0.3) is 10.8 Å². The Labute approximate surface area is 189 Å². The first-order chi connectivity index (χ1) is 15.8. The van der Waals surface area contributed by atoms with Crippen LogP contribution >= 0.6 is 0 Å². The van der Waals surface area contributed by atoms with Crippen LogP contribution in [0.2, 0.25) is 0 Å². The number of aryl methyl sites for hydroxylation is 1. The average Bonchev–Trinajstić information content (AvgIpc) is 3.12. The molecule has 1 aliphatic carbocycles. The predicted molar refractivity (Wildman–Crippen MR) is 121 cm³/mol. The van der Waals surface area contributed by atoms with Gasteiger partial charge in [0.15, 0.2) is 5.82 Å². The molecule has 0 spiro atoms. The van der Waals surface area contributed by atoms with Crippen LogP contribution in [0, 0.1) is 0 Å². The number of halogens is 2. The number of rotatable bonds is 4. The highest BCUT2D eigenvalue weighted by molar-refractivity contribution is 5.90. The number of ether oxygens (including phenoxy) is 1. The summed E-state index contributed by atoms with van der Waals surface area (Å²) in [5.41, 5.74) is 0.932. The van der Waals surface area contributed by atoms with Crippen LogP contribution in [0.4, 0.5) is 14.6 Å². The monoisotopic (exact) mass is 456 g/mol. The van der Waals surface area contributed by atoms with Crippen molar-refractivity contribution < 1.29 is 13.5 Å². The number of pyridine rings is 1. The molecule has 0 bridgehead atoms. The third-order valence-electron chi connectivity index (χ3n) is 6.81. The van der Waals surface area contributed by atoms with Gasteiger partial charge < -0.3 is 14.6 Å². The summed E-state index contributed by atoms with van der Waals surface area (Å²) in [6, 6.07) is 6.02. The largest absolute Gasteiger partial charge is 0.381 e. The number of fused-ring (bicyclic) bond motifs is 2. The molecule has 2 aliphatic rings. The molecular weight excluding hydrogens is 430 g/mol. The molecule has 1 atom stereocenters. The van der Waals surface area contributed by atoms with Crippen molar-refractivity contribution in [3.05, 3.63) is 67.9 Å². The van der Waals surface area contributed by atoms with E-state index in [0.717, 1.165) is 5.56 Å². The molecule has 1 fully saturated rings. The Hall–Kier alpha value is -3.07. The van der Waals surface area contributed by atoms with Gasteiger partial charge in [0.2, 0.25) is 0 Å². The van der Waals surface area contributed by atoms with Crippen LogP contribution in [-0.2, 0) is 24.1 Å². The lowest BCUT2D eigenvalue weighted by atomic mass is 9.97. The Morgan fingerprint density at radius 1 is 1.21 bits per heavy atom. The fourth-order valence-corrected chi connectivity index (χ4v) is 5.02. The van der Waals surface area contributed by atoms with Crippen molar-refractivity contribution in [2.45, 2.75) is 50.6 Å². The van der Waals surface area contributed by atoms with E-state index in [0.29, 0.717) is 49.2 Å². The molecule has 174 valence electrons. The Kier molecular flexibility index (Phi) is 5.31. The molecule has 1 aliphatic heterocycles. The fraction of sp³-hybridized carbons (Fsp3) is 0.458. The zero-order valence-corrected chi connectivity index (χ0v) is 18.6. The zero-order chi connectivity index (χ0) is 23.3. The quantitative estimate of drug-likeness (QED) is 0.648. The number of anilines is 1. The van der Waals surface area contributed by atoms with E-state index in [-0.39, 0.29) is 40.6 Å². The third kappa shape index (κ3) is 3.74. The van der Waals surface area contributed by atoms with Crippen molar-refractivity contribution in [1.82, 2.24) is 14.3 Å². The molecule has 1 N–H and O–H groups in total. The first kappa shape index (κ1) is 21.8. The molecular formula is C24H26F2N4O3. The maximum Gasteiger partial charge on any atom is 0.274 e. The lowest BCUT2D eigenvalue weighted by molar-refractivity contribution is -0.00184. The minimum Gasteiger partial charge on any atom is -0.381 e. The maximum absolute atomic E-state index is 14.3. The zero-order valence-electron chi connectivity index (χ0n) is 18.6. The Bertz CT molecular complexity index is 1340. The van der Waals surface area contributed by atoms with Gasteiger partial charge in [-0.25, -0.2) is 13.5 Å². The molecule has 0 radical (unpaired) electrons. The summed E-state index contributed by atoms with van der Waals surface area (Å²) in [6.07, 6.45) is 3.25. The lowest BCUT2D eigenvalue weighted by Gasteiger charge is -2.25. The van der Waals surface area contributed by atoms with Gasteiger partial charge in [-0.15, -0.1) is 0 Å². The van der Waals surface area contributed by atoms with Crippen LogP contribution < -0.4 is 16.4 Å². The highest BCUT2D eigenvalue weighted by Gasteiger charge is 2.40. The van der Waals surface area contributed by atoms with E-state index in [1.807, 2.05) is 13.0 Å². The third-order valence-corrected chi connectivity index (χ3v) is 6.81. The number of hydrogen-bond acceptors (Lipinski definition) is 5. The molecule has 3 heterocycles. The molecule has 1 unspecified atom stereocenters. The minimum absolute atomic E-state index is 0.00962. The SMILES string of the molecule is CC(Nc1nn(C)c(=O)c2cc(=O)n(C3CCOCC3)cc12)c1cccc2c1CCC2(F)F. The predicted octanol–water partition coefficient (Wildman–Crippen LogP) is 3.66. The van der Waals surface area contributed by atoms with Gasteiger partial charge in [0.05, 0.1) is 11.4 Å². The number of benzene rings is 1. The highest BCUT2D eigenvalue weighted by Crippen LogP contribution is 2.44. The molecule has 33 heavy (non-hydrogen) atoms. The maximum atomic E-state index is 14.3. The summed E-state index contributed by atoms with van der Waals surface area (Å²) in [7, 11) is 1.53. The topological polar surface area (TPSA) is 78.2 Å². The standard InChI is InChI=1S/C24H26F2N4O3/c1-14(16-4-3-5-20-17(16)6-9-24(20,25)26)27-22-19-13-30(15-7-10-33-11-8-15)21(31)12-18(19)23(32)29(2)28-22/h3-5,12-15H,6-11H2,1-2H3,(H,27,28). The Morgan fingerprint density at radius 3 is 2.73 bits per heavy atom. The summed E-state index contributed by atoms with van der Waals surface area (Å²) in [5.74, 6) is -2.38. The van der Waals surface area contributed by atoms with Gasteiger partial charge in [-0.3, -0.25) is 9.59 Å². The van der Waals surface area contributed by atoms with E-state index in [1.165, 1.54) is 23.9 Å². The molecule has 3 aromatic rings. The summed E-state index contributed by atoms with van der Waals surface area (Å²) >= 11 is 0. The van der Waals surface area contributed by atoms with Crippen LogP contribution in [0.1, 0.15) is 55.0 Å². The molecule has 5 rings (SSSR count). The number of nitrogens with zero attached hydrogens (tertiary/aromatic N) is 3. The average molecular weight is 456 g/mol. The van der Waals surface area contributed by atoms with E-state index in [4.69, 9.17) is 4.74 Å². The van der Waals surface area contributed by atoms with Crippen LogP contribution in [0.3, 0.4) is 0 Å². The van der Waals surface area contributed by atoms with E-state index >= 15 is 0 Å². The fourth-order valence-electron chi connectivity index (χ4n) is 5.02. The molecule has 7 nitrogen and oxygen atoms in total. The summed E-state index contributed by atoms with van der Waals surface area (Å²) < 4.78 is 36.8. The first-order valence-corrected chi connectivity index (χ1v) is 11.2. The van der Waals surface area contributed by atoms with Gasteiger partial charge in [-0.2, -0.15) is 5.10 Å². The first-order valence-electron chi connectivity index (χ1n) is 11.2. The van der Waals surface area contributed by atoms with Gasteiger partial charge in [-0.1, -0.05) is 18.2 Å². The molecule has 1 aromatic carbocycles. The van der Waals surface area contributed by atoms with E-state index in [2.05, 4.69) is 10.4 Å². The van der Waals surface area contributed by atoms with Gasteiger partial charge in [0, 0.05) is 55.9 Å². The van der Waals surface area contributed by atoms with Crippen molar-refractivity contribution in [2.24, 2.45) is 7.05 Å². The summed E-state index contributed by atoms with van der Waals surface area (Å²) in [4.78, 5) is 25.5. The highest BCUT2D eigenvalue weighted by atomic mass is 19.3. The van der Waals surface area contributed by atoms with Gasteiger partial charge >= 0.3 is 0 Å². The van der Waals surface area contributed by atoms with Crippen LogP contribution in [0.5, 0.6) is 0 Å². The molecule has 9 heteroatoms. The Morgan fingerprint density at radius 2 is 1.97 bits per heavy atom. The van der Waals surface area contributed by atoms with Crippen molar-refractivity contribution in [3.8, 4) is 0 Å². The molecule has 0 saturated carbocycles. The number of nitrogens with one attached hydrogen (secondary N) is 1. The second kappa shape index (κ2) is 8.06. The second-order valence-electron chi connectivity index (χ2n) is 8.91. The van der Waals surface area contributed by atoms with Gasteiger partial charge in [0.1, 0.15) is 0 Å². The molecule has 0 amide bonds. The van der Waals surface area contributed by atoms with Crippen LogP contribution in [-0.4, -0.2) is 27.6 Å². The normalized spacial score (nSPS) is 18.9. The van der Waals surface area contributed by atoms with E-state index < -0.39 is 5.92 Å². The van der Waals surface area contributed by atoms with Crippen molar-refractivity contribution >= 4 is 16.6 Å². The van der Waals surface area contributed by atoms with Crippen molar-refractivity contribution in [1.29, 1.82) is 0 Å². The smallest absolute Gasteiger partial charge is 0.274 e. The number of alkyl halides is 2. The van der Waals surface area contributed by atoms with E-state index in [1.54, 1.807) is 16.8 Å². The molecule has 1 saturated heterocycles. The van der Waals surface area contributed by atoms with Crippen molar-refractivity contribution in [3.63, 3.8) is 0 Å². The van der Waals surface area contributed by atoms with Gasteiger partial charge in [0.25, 0.3) is 17.0 Å².